The number of halogens is 4. The molecule has 1 N–H and O–H groups in total. The molecule has 0 saturated carbocycles. The van der Waals surface area contributed by atoms with Gasteiger partial charge in [-0.1, -0.05) is 62.7 Å². The fourth-order valence-electron chi connectivity index (χ4n) is 7.10. The Morgan fingerprint density at radius 3 is 2.37 bits per heavy atom. The molecule has 2 saturated heterocycles. The molecule has 9 heteroatoms. The number of carbonyl (C=O) groups excluding carboxylic acids is 2. The van der Waals surface area contributed by atoms with Crippen molar-refractivity contribution in [2.45, 2.75) is 96.3 Å². The molecular formula is C37H45F4N3O2. The first kappa shape index (κ1) is 33.9. The molecule has 2 amide bonds. The summed E-state index contributed by atoms with van der Waals surface area (Å²) in [6.45, 7) is 9.21. The number of nitrogens with one attached hydrogen (secondary N) is 1. The first-order chi connectivity index (χ1) is 21.7. The summed E-state index contributed by atoms with van der Waals surface area (Å²) in [5, 5.41) is 3.09. The van der Waals surface area contributed by atoms with Gasteiger partial charge in [0.2, 0.25) is 5.91 Å². The minimum atomic E-state index is -4.23. The Balaban J connectivity index is 1.42. The van der Waals surface area contributed by atoms with Crippen molar-refractivity contribution < 1.29 is 27.2 Å². The molecule has 248 valence electrons. The maximum atomic E-state index is 15.1. The van der Waals surface area contributed by atoms with Crippen LogP contribution in [0.3, 0.4) is 0 Å². The highest BCUT2D eigenvalue weighted by atomic mass is 19.4. The third-order valence-corrected chi connectivity index (χ3v) is 9.70. The summed E-state index contributed by atoms with van der Waals surface area (Å²) in [5.41, 5.74) is 4.05. The van der Waals surface area contributed by atoms with Crippen LogP contribution in [0.5, 0.6) is 0 Å². The van der Waals surface area contributed by atoms with Gasteiger partial charge in [0, 0.05) is 18.8 Å². The predicted octanol–water partition coefficient (Wildman–Crippen LogP) is 8.44. The van der Waals surface area contributed by atoms with Crippen molar-refractivity contribution in [2.75, 3.05) is 25.0 Å². The van der Waals surface area contributed by atoms with Gasteiger partial charge in [-0.3, -0.25) is 14.5 Å². The van der Waals surface area contributed by atoms with Crippen LogP contribution in [-0.4, -0.2) is 53.5 Å². The van der Waals surface area contributed by atoms with Gasteiger partial charge >= 0.3 is 6.18 Å². The lowest BCUT2D eigenvalue weighted by atomic mass is 9.82. The smallest absolute Gasteiger partial charge is 0.331 e. The molecule has 5 rings (SSSR count). The van der Waals surface area contributed by atoms with Gasteiger partial charge in [-0.25, -0.2) is 4.39 Å². The van der Waals surface area contributed by atoms with Gasteiger partial charge in [-0.2, -0.15) is 13.2 Å². The number of allylic oxidation sites excluding steroid dienone is 2. The first-order valence-corrected chi connectivity index (χ1v) is 16.4. The Morgan fingerprint density at radius 2 is 1.70 bits per heavy atom. The summed E-state index contributed by atoms with van der Waals surface area (Å²) < 4.78 is 55.4. The van der Waals surface area contributed by atoms with Gasteiger partial charge in [0.1, 0.15) is 11.9 Å². The Labute approximate surface area is 269 Å². The topological polar surface area (TPSA) is 52.7 Å². The quantitative estimate of drug-likeness (QED) is 0.310. The van der Waals surface area contributed by atoms with E-state index in [1.165, 1.54) is 11.0 Å². The fraction of sp³-hybridized carbons (Fsp3) is 0.514. The second kappa shape index (κ2) is 13.7. The van der Waals surface area contributed by atoms with E-state index in [2.05, 4.69) is 26.1 Å². The lowest BCUT2D eigenvalue weighted by molar-refractivity contribution is -0.175. The monoisotopic (exact) mass is 639 g/mol. The van der Waals surface area contributed by atoms with E-state index in [0.717, 1.165) is 16.7 Å². The molecule has 46 heavy (non-hydrogen) atoms. The Bertz CT molecular complexity index is 1490. The highest BCUT2D eigenvalue weighted by molar-refractivity contribution is 5.99. The zero-order valence-corrected chi connectivity index (χ0v) is 27.2. The van der Waals surface area contributed by atoms with Crippen molar-refractivity contribution in [1.82, 2.24) is 9.80 Å². The number of nitrogens with zero attached hydrogens (tertiary/aromatic N) is 2. The molecule has 0 bridgehead atoms. The van der Waals surface area contributed by atoms with Gasteiger partial charge in [0.15, 0.2) is 0 Å². The van der Waals surface area contributed by atoms with Crippen LogP contribution in [0.1, 0.15) is 89.0 Å². The number of alkyl halides is 3. The molecule has 2 aliphatic heterocycles. The summed E-state index contributed by atoms with van der Waals surface area (Å²) in [7, 11) is 0. The minimum absolute atomic E-state index is 0.0802. The molecule has 5 nitrogen and oxygen atoms in total. The number of rotatable bonds is 7. The average Bonchev–Trinajstić information content (AvgIpc) is 3.49. The molecule has 1 unspecified atom stereocenters. The second-order valence-corrected chi connectivity index (χ2v) is 14.0. The standard InChI is InChI=1S/C37H45F4N3O2/c1-24-9-5-13-30(38)32(24)35(46)44-21-7-12-29(34(45)42-28-11-6-10-27(23-28)36(2,3)4)33(44)26-17-15-25(16-18-26)19-22-43-20-8-14-31(43)37(39,40)41/h6,10-11,13,15-18,23,29,31,33H,5,7-9,12,14,19-22H2,1-4H3,(H,42,45)/t29-,31?,33-/m0/s1. The van der Waals surface area contributed by atoms with Gasteiger partial charge in [-0.15, -0.1) is 0 Å². The van der Waals surface area contributed by atoms with Crippen molar-refractivity contribution in [3.05, 3.63) is 88.3 Å². The highest BCUT2D eigenvalue weighted by Gasteiger charge is 2.45. The SMILES string of the molecule is CC1=C(C(=O)N2CCC[C@H](C(=O)Nc3cccc(C(C)(C)C)c3)[C@@H]2c2ccc(CCN3CCCC3C(F)(F)F)cc2)C(F)=CCC1. The maximum Gasteiger partial charge on any atom is 0.404 e. The van der Waals surface area contributed by atoms with E-state index in [-0.39, 0.29) is 23.3 Å². The van der Waals surface area contributed by atoms with Crippen LogP contribution in [0, 0.1) is 5.92 Å². The normalized spacial score (nSPS) is 23.0. The highest BCUT2D eigenvalue weighted by Crippen LogP contribution is 2.40. The van der Waals surface area contributed by atoms with E-state index < -0.39 is 35.9 Å². The van der Waals surface area contributed by atoms with Crippen LogP contribution in [0.2, 0.25) is 0 Å². The lowest BCUT2D eigenvalue weighted by Gasteiger charge is -2.41. The predicted molar refractivity (Wildman–Crippen MR) is 173 cm³/mol. The summed E-state index contributed by atoms with van der Waals surface area (Å²) in [4.78, 5) is 31.1. The number of hydrogen-bond acceptors (Lipinski definition) is 3. The summed E-state index contributed by atoms with van der Waals surface area (Å²) in [6.07, 6.45) is 0.608. The van der Waals surface area contributed by atoms with E-state index in [0.29, 0.717) is 69.4 Å². The molecule has 1 aliphatic carbocycles. The number of amides is 2. The van der Waals surface area contributed by atoms with Crippen LogP contribution < -0.4 is 5.32 Å². The van der Waals surface area contributed by atoms with Gasteiger partial charge in [0.25, 0.3) is 5.91 Å². The maximum absolute atomic E-state index is 15.1. The average molecular weight is 640 g/mol. The number of likely N-dealkylation sites (tertiary alicyclic amines) is 2. The fourth-order valence-corrected chi connectivity index (χ4v) is 7.10. The third-order valence-electron chi connectivity index (χ3n) is 9.70. The van der Waals surface area contributed by atoms with E-state index in [1.54, 1.807) is 11.8 Å². The molecule has 0 aromatic heterocycles. The Morgan fingerprint density at radius 1 is 0.978 bits per heavy atom. The van der Waals surface area contributed by atoms with Crippen LogP contribution in [-0.2, 0) is 21.4 Å². The summed E-state index contributed by atoms with van der Waals surface area (Å²) in [6, 6.07) is 13.2. The third kappa shape index (κ3) is 7.56. The molecule has 3 atom stereocenters. The molecular weight excluding hydrogens is 594 g/mol. The van der Waals surface area contributed by atoms with Crippen molar-refractivity contribution >= 4 is 17.5 Å². The van der Waals surface area contributed by atoms with Gasteiger partial charge in [0.05, 0.1) is 17.5 Å². The number of benzene rings is 2. The molecule has 2 aromatic carbocycles. The van der Waals surface area contributed by atoms with E-state index in [1.807, 2.05) is 48.5 Å². The van der Waals surface area contributed by atoms with Gasteiger partial charge < -0.3 is 10.2 Å². The van der Waals surface area contributed by atoms with Crippen molar-refractivity contribution in [3.63, 3.8) is 0 Å². The van der Waals surface area contributed by atoms with Crippen molar-refractivity contribution in [2.24, 2.45) is 5.92 Å². The number of anilines is 1. The van der Waals surface area contributed by atoms with E-state index in [9.17, 15) is 22.8 Å². The van der Waals surface area contributed by atoms with E-state index in [4.69, 9.17) is 0 Å². The van der Waals surface area contributed by atoms with Crippen LogP contribution in [0.25, 0.3) is 0 Å². The van der Waals surface area contributed by atoms with Crippen LogP contribution in [0.4, 0.5) is 23.2 Å². The zero-order chi connectivity index (χ0) is 33.2. The number of carbonyl (C=O) groups is 2. The Hall–Kier alpha value is -3.46. The van der Waals surface area contributed by atoms with Crippen molar-refractivity contribution in [3.8, 4) is 0 Å². The minimum Gasteiger partial charge on any atom is -0.331 e. The number of piperidine rings is 1. The molecule has 2 heterocycles. The number of hydrogen-bond donors (Lipinski definition) is 1. The molecule has 0 radical (unpaired) electrons. The van der Waals surface area contributed by atoms with E-state index >= 15 is 4.39 Å². The molecule has 0 spiro atoms. The zero-order valence-electron chi connectivity index (χ0n) is 27.2. The molecule has 3 aliphatic rings. The molecule has 2 fully saturated rings. The van der Waals surface area contributed by atoms with Crippen LogP contribution >= 0.6 is 0 Å². The first-order valence-electron chi connectivity index (χ1n) is 16.4. The molecule has 2 aromatic rings. The Kier molecular flexibility index (Phi) is 10.1. The lowest BCUT2D eigenvalue weighted by Crippen LogP contribution is -2.47. The summed E-state index contributed by atoms with van der Waals surface area (Å²) in [5.74, 6) is -1.74. The van der Waals surface area contributed by atoms with Crippen LogP contribution in [0.15, 0.2) is 71.6 Å². The second-order valence-electron chi connectivity index (χ2n) is 14.0. The van der Waals surface area contributed by atoms with Gasteiger partial charge in [-0.05, 0) is 98.7 Å². The largest absolute Gasteiger partial charge is 0.404 e. The van der Waals surface area contributed by atoms with Crippen molar-refractivity contribution in [1.29, 1.82) is 0 Å². The summed E-state index contributed by atoms with van der Waals surface area (Å²) >= 11 is 0.